The fourth-order valence-electron chi connectivity index (χ4n) is 10.8. The van der Waals surface area contributed by atoms with Crippen molar-refractivity contribution in [1.82, 2.24) is 0 Å². The molecule has 0 unspecified atom stereocenters. The Bertz CT molecular complexity index is 3210. The van der Waals surface area contributed by atoms with Crippen LogP contribution in [0.2, 0.25) is 0 Å². The SMILES string of the molecule is Cc1cc(C2c3cc(c(O)cc3O)C(c3ccc(C(=O)O)c(C)c3)c3cc(c(O)cc3O)C(c3ccc(C(=O)O)c(C)c3)c3cc(c(O)cc3O)C(c3ccc(C(=O)O)c(C)c3)c3cc2c(O)cc3O)ccc1C(=O)O. The molecule has 76 heavy (non-hydrogen) atoms. The van der Waals surface area contributed by atoms with Crippen molar-refractivity contribution in [3.63, 3.8) is 0 Å². The van der Waals surface area contributed by atoms with Crippen molar-refractivity contribution in [2.45, 2.75) is 51.4 Å². The second-order valence-corrected chi connectivity index (χ2v) is 19.1. The van der Waals surface area contributed by atoms with E-state index in [-0.39, 0.29) is 111 Å². The maximum Gasteiger partial charge on any atom is 0.335 e. The third kappa shape index (κ3) is 8.80. The summed E-state index contributed by atoms with van der Waals surface area (Å²) >= 11 is 0. The molecule has 16 heteroatoms. The molecule has 16 nitrogen and oxygen atoms in total. The third-order valence-corrected chi connectivity index (χ3v) is 14.4. The van der Waals surface area contributed by atoms with Crippen LogP contribution in [0.15, 0.2) is 121 Å². The lowest BCUT2D eigenvalue weighted by Crippen LogP contribution is -2.14. The average molecular weight is 1030 g/mol. The first-order chi connectivity index (χ1) is 35.9. The maximum atomic E-state index is 12.4. The zero-order chi connectivity index (χ0) is 54.9. The van der Waals surface area contributed by atoms with Crippen molar-refractivity contribution in [2.75, 3.05) is 0 Å². The fraction of sp³-hybridized carbons (Fsp3) is 0.133. The summed E-state index contributed by atoms with van der Waals surface area (Å²) in [6.07, 6.45) is 0. The van der Waals surface area contributed by atoms with E-state index in [2.05, 4.69) is 0 Å². The van der Waals surface area contributed by atoms with Crippen molar-refractivity contribution < 1.29 is 80.5 Å². The van der Waals surface area contributed by atoms with E-state index in [1.807, 2.05) is 0 Å². The topological polar surface area (TPSA) is 311 Å². The summed E-state index contributed by atoms with van der Waals surface area (Å²) in [6, 6.07) is 26.8. The summed E-state index contributed by atoms with van der Waals surface area (Å²) in [5.74, 6) is -14.7. The second-order valence-electron chi connectivity index (χ2n) is 19.1. The molecule has 9 rings (SSSR count). The zero-order valence-corrected chi connectivity index (χ0v) is 40.9. The van der Waals surface area contributed by atoms with Gasteiger partial charge in [-0.1, -0.05) is 48.5 Å². The molecule has 0 atom stereocenters. The molecule has 8 aromatic rings. The van der Waals surface area contributed by atoms with Gasteiger partial charge < -0.3 is 61.3 Å². The molecule has 0 aliphatic heterocycles. The molecule has 8 aromatic carbocycles. The van der Waals surface area contributed by atoms with Crippen LogP contribution in [0.5, 0.6) is 46.0 Å². The van der Waals surface area contributed by atoms with E-state index in [0.29, 0.717) is 0 Å². The third-order valence-electron chi connectivity index (χ3n) is 14.4. The molecular formula is C60H48O16. The van der Waals surface area contributed by atoms with Crippen LogP contribution in [0.25, 0.3) is 0 Å². The van der Waals surface area contributed by atoms with Gasteiger partial charge in [0.05, 0.1) is 22.3 Å². The number of benzene rings is 8. The molecule has 0 spiro atoms. The number of hydrogen-bond donors (Lipinski definition) is 12. The minimum atomic E-state index is -1.32. The standard InChI is InChI=1S/C60H48O16/c1-25-13-29(5-9-33(25)57(69)70)53-37-17-39(47(63)21-45(37)61)54(30-6-10-34(58(71)72)26(2)14-30)41-19-43(51(67)23-49(41)65)56(32-8-12-36(60(75)76)28(4)16-32)44-20-42(50(66)24-52(44)68)55(40-18-38(53)46(62)22-48(40)64)31-7-11-35(59(73)74)27(3)15-31/h5-24,53-56,61-68H,1-4H3,(H,69,70)(H,71,72)(H,73,74)(H,75,76). The van der Waals surface area contributed by atoms with E-state index in [1.54, 1.807) is 0 Å². The second kappa shape index (κ2) is 19.1. The number of rotatable bonds is 8. The molecule has 0 saturated carbocycles. The van der Waals surface area contributed by atoms with Gasteiger partial charge in [0.15, 0.2) is 0 Å². The number of fused-ring (bicyclic) bond motifs is 8. The lowest BCUT2D eigenvalue weighted by molar-refractivity contribution is 0.0685. The lowest BCUT2D eigenvalue weighted by atomic mass is 9.74. The van der Waals surface area contributed by atoms with Crippen LogP contribution in [0.1, 0.15) is 154 Å². The van der Waals surface area contributed by atoms with Gasteiger partial charge in [-0.25, -0.2) is 19.2 Å². The van der Waals surface area contributed by atoms with Gasteiger partial charge in [0, 0.05) is 92.4 Å². The van der Waals surface area contributed by atoms with Crippen LogP contribution >= 0.6 is 0 Å². The Morgan fingerprint density at radius 2 is 0.421 bits per heavy atom. The number of aryl methyl sites for hydroxylation is 4. The predicted molar refractivity (Wildman–Crippen MR) is 275 cm³/mol. The Kier molecular flexibility index (Phi) is 12.8. The Balaban J connectivity index is 1.50. The van der Waals surface area contributed by atoms with Gasteiger partial charge in [-0.15, -0.1) is 0 Å². The van der Waals surface area contributed by atoms with Crippen molar-refractivity contribution >= 4 is 23.9 Å². The van der Waals surface area contributed by atoms with Crippen LogP contribution in [0.3, 0.4) is 0 Å². The summed E-state index contributed by atoms with van der Waals surface area (Å²) < 4.78 is 0. The Labute approximate surface area is 432 Å². The van der Waals surface area contributed by atoms with E-state index in [0.717, 1.165) is 24.3 Å². The van der Waals surface area contributed by atoms with E-state index in [9.17, 15) is 80.5 Å². The molecule has 0 amide bonds. The molecule has 1 aliphatic rings. The molecule has 384 valence electrons. The maximum absolute atomic E-state index is 12.4. The molecule has 0 saturated heterocycles. The normalized spacial score (nSPS) is 15.9. The van der Waals surface area contributed by atoms with Gasteiger partial charge in [-0.3, -0.25) is 0 Å². The van der Waals surface area contributed by atoms with Gasteiger partial charge in [-0.05, 0) is 121 Å². The fourth-order valence-corrected chi connectivity index (χ4v) is 10.8. The highest BCUT2D eigenvalue weighted by Crippen LogP contribution is 2.54. The van der Waals surface area contributed by atoms with E-state index in [1.165, 1.54) is 125 Å². The van der Waals surface area contributed by atoms with Gasteiger partial charge in [-0.2, -0.15) is 0 Å². The Morgan fingerprint density at radius 3 is 0.553 bits per heavy atom. The first-order valence-corrected chi connectivity index (χ1v) is 23.5. The summed E-state index contributed by atoms with van der Waals surface area (Å²) in [4.78, 5) is 49.4. The van der Waals surface area contributed by atoms with Crippen LogP contribution < -0.4 is 0 Å². The molecule has 12 N–H and O–H groups in total. The number of hydrogen-bond acceptors (Lipinski definition) is 12. The molecule has 0 heterocycles. The van der Waals surface area contributed by atoms with Crippen LogP contribution in [0.4, 0.5) is 0 Å². The highest BCUT2D eigenvalue weighted by molar-refractivity contribution is 5.91. The zero-order valence-electron chi connectivity index (χ0n) is 40.9. The molecule has 8 bridgehead atoms. The smallest absolute Gasteiger partial charge is 0.335 e. The first-order valence-electron chi connectivity index (χ1n) is 23.5. The van der Waals surface area contributed by atoms with Gasteiger partial charge >= 0.3 is 23.9 Å². The van der Waals surface area contributed by atoms with Gasteiger partial charge in [0.25, 0.3) is 0 Å². The van der Waals surface area contributed by atoms with Crippen LogP contribution in [-0.4, -0.2) is 85.2 Å². The molecule has 0 aromatic heterocycles. The number of phenolic OH excluding ortho intramolecular Hbond substituents is 8. The minimum Gasteiger partial charge on any atom is -0.507 e. The Hall–Kier alpha value is -9.96. The van der Waals surface area contributed by atoms with Gasteiger partial charge in [0.1, 0.15) is 46.0 Å². The number of aromatic carboxylic acids is 4. The van der Waals surface area contributed by atoms with Crippen molar-refractivity contribution in [2.24, 2.45) is 0 Å². The first kappa shape index (κ1) is 51.0. The number of carbonyl (C=O) groups is 4. The molecule has 0 fully saturated rings. The van der Waals surface area contributed by atoms with Crippen LogP contribution in [-0.2, 0) is 0 Å². The van der Waals surface area contributed by atoms with E-state index in [4.69, 9.17) is 0 Å². The number of phenols is 8. The van der Waals surface area contributed by atoms with Gasteiger partial charge in [0.2, 0.25) is 0 Å². The van der Waals surface area contributed by atoms with Crippen molar-refractivity contribution in [3.05, 3.63) is 233 Å². The highest BCUT2D eigenvalue weighted by Gasteiger charge is 2.36. The summed E-state index contributed by atoms with van der Waals surface area (Å²) in [7, 11) is 0. The highest BCUT2D eigenvalue weighted by atomic mass is 16.4. The number of carboxylic acid groups (broad SMARTS) is 4. The molecule has 1 aliphatic carbocycles. The van der Waals surface area contributed by atoms with E-state index >= 15 is 0 Å². The van der Waals surface area contributed by atoms with Crippen molar-refractivity contribution in [1.29, 1.82) is 0 Å². The quantitative estimate of drug-likeness (QED) is 0.0673. The van der Waals surface area contributed by atoms with Crippen LogP contribution in [0, 0.1) is 27.7 Å². The average Bonchev–Trinajstić information content (AvgIpc) is 3.33. The van der Waals surface area contributed by atoms with Crippen molar-refractivity contribution in [3.8, 4) is 46.0 Å². The molecule has 0 radical (unpaired) electrons. The lowest BCUT2D eigenvalue weighted by Gasteiger charge is -2.30. The predicted octanol–water partition coefficient (Wildman–Crippen LogP) is 10.4. The number of carboxylic acids is 4. The summed E-state index contributed by atoms with van der Waals surface area (Å²) in [6.45, 7) is 6.15. The largest absolute Gasteiger partial charge is 0.507 e. The van der Waals surface area contributed by atoms with E-state index < -0.39 is 93.5 Å². The summed E-state index contributed by atoms with van der Waals surface area (Å²) in [5, 5.41) is 137. The Morgan fingerprint density at radius 1 is 0.263 bits per heavy atom. The molecular weight excluding hydrogens is 977 g/mol. The minimum absolute atomic E-state index is 0.0310. The summed E-state index contributed by atoms with van der Waals surface area (Å²) in [5.41, 5.74) is 1.59. The monoisotopic (exact) mass is 1020 g/mol. The number of aromatic hydroxyl groups is 8.